The molecule has 0 aliphatic carbocycles. The van der Waals surface area contributed by atoms with Gasteiger partial charge in [-0.1, -0.05) is 25.1 Å². The Bertz CT molecular complexity index is 303. The summed E-state index contributed by atoms with van der Waals surface area (Å²) in [5, 5.41) is 6.87. The molecule has 1 rings (SSSR count). The lowest BCUT2D eigenvalue weighted by Crippen LogP contribution is -2.37. The van der Waals surface area contributed by atoms with Gasteiger partial charge in [-0.2, -0.15) is 0 Å². The number of nitrogens with one attached hydrogen (secondary N) is 2. The maximum Gasteiger partial charge on any atom is 0.166 e. The normalized spacial score (nSPS) is 9.56. The quantitative estimate of drug-likeness (QED) is 0.586. The molecule has 0 unspecified atom stereocenters. The van der Waals surface area contributed by atoms with Crippen LogP contribution < -0.4 is 15.4 Å². The summed E-state index contributed by atoms with van der Waals surface area (Å²) in [7, 11) is 0. The van der Waals surface area contributed by atoms with E-state index in [0.29, 0.717) is 18.3 Å². The van der Waals surface area contributed by atoms with Gasteiger partial charge in [0.05, 0.1) is 6.54 Å². The Morgan fingerprint density at radius 2 is 1.88 bits per heavy atom. The van der Waals surface area contributed by atoms with Crippen molar-refractivity contribution in [1.82, 2.24) is 10.6 Å². The van der Waals surface area contributed by atoms with Gasteiger partial charge in [-0.3, -0.25) is 0 Å². The molecule has 0 spiro atoms. The third-order valence-electron chi connectivity index (χ3n) is 1.94. The number of hydrogen-bond acceptors (Lipinski definition) is 2. The largest absolute Gasteiger partial charge is 0.492 e. The highest BCUT2D eigenvalue weighted by Gasteiger charge is 1.94. The second kappa shape index (κ2) is 7.93. The molecule has 0 saturated carbocycles. The lowest BCUT2D eigenvalue weighted by atomic mass is 10.3. The van der Waals surface area contributed by atoms with Crippen LogP contribution in [0.4, 0.5) is 0 Å². The Kier molecular flexibility index (Phi) is 6.33. The predicted molar refractivity (Wildman–Crippen MR) is 70.8 cm³/mol. The summed E-state index contributed by atoms with van der Waals surface area (Å²) in [4.78, 5) is 0. The third-order valence-corrected chi connectivity index (χ3v) is 2.22. The zero-order valence-corrected chi connectivity index (χ0v) is 10.3. The van der Waals surface area contributed by atoms with E-state index in [1.54, 1.807) is 0 Å². The molecular weight excluding hydrogens is 220 g/mol. The van der Waals surface area contributed by atoms with Crippen LogP contribution in [0.2, 0.25) is 0 Å². The maximum absolute atomic E-state index is 5.51. The molecule has 1 aromatic rings. The molecule has 0 aliphatic rings. The van der Waals surface area contributed by atoms with Crippen molar-refractivity contribution in [3.8, 4) is 5.75 Å². The van der Waals surface area contributed by atoms with Gasteiger partial charge in [0.15, 0.2) is 5.11 Å². The van der Waals surface area contributed by atoms with Crippen molar-refractivity contribution in [2.75, 3.05) is 19.7 Å². The molecular formula is C12H18N2OS. The second-order valence-electron chi connectivity index (χ2n) is 3.34. The highest BCUT2D eigenvalue weighted by molar-refractivity contribution is 7.80. The second-order valence-corrected chi connectivity index (χ2v) is 3.75. The Morgan fingerprint density at radius 1 is 1.19 bits per heavy atom. The minimum Gasteiger partial charge on any atom is -0.492 e. The van der Waals surface area contributed by atoms with Gasteiger partial charge >= 0.3 is 0 Å². The van der Waals surface area contributed by atoms with Crippen LogP contribution >= 0.6 is 12.2 Å². The van der Waals surface area contributed by atoms with Crippen molar-refractivity contribution in [1.29, 1.82) is 0 Å². The molecule has 0 aromatic heterocycles. The summed E-state index contributed by atoms with van der Waals surface area (Å²) in [5.41, 5.74) is 0. The topological polar surface area (TPSA) is 33.3 Å². The summed E-state index contributed by atoms with van der Waals surface area (Å²) in [6.07, 6.45) is 1.07. The molecule has 0 saturated heterocycles. The Labute approximate surface area is 102 Å². The minimum atomic E-state index is 0.609. The van der Waals surface area contributed by atoms with Crippen molar-refractivity contribution in [3.05, 3.63) is 30.3 Å². The van der Waals surface area contributed by atoms with Gasteiger partial charge in [0.2, 0.25) is 0 Å². The number of para-hydroxylation sites is 1. The van der Waals surface area contributed by atoms with E-state index in [1.165, 1.54) is 0 Å². The van der Waals surface area contributed by atoms with Crippen LogP contribution in [0.5, 0.6) is 5.75 Å². The molecule has 0 bridgehead atoms. The van der Waals surface area contributed by atoms with E-state index in [4.69, 9.17) is 17.0 Å². The summed E-state index contributed by atoms with van der Waals surface area (Å²) < 4.78 is 5.51. The summed E-state index contributed by atoms with van der Waals surface area (Å²) in [5.74, 6) is 0.886. The van der Waals surface area contributed by atoms with Crippen molar-refractivity contribution < 1.29 is 4.74 Å². The zero-order chi connectivity index (χ0) is 11.6. The Hall–Kier alpha value is -1.29. The fraction of sp³-hybridized carbons (Fsp3) is 0.417. The average molecular weight is 238 g/mol. The fourth-order valence-corrected chi connectivity index (χ4v) is 1.36. The number of thiocarbonyl (C=S) groups is 1. The lowest BCUT2D eigenvalue weighted by Gasteiger charge is -2.10. The van der Waals surface area contributed by atoms with Gasteiger partial charge in [-0.05, 0) is 30.8 Å². The Balaban J connectivity index is 2.06. The monoisotopic (exact) mass is 238 g/mol. The summed E-state index contributed by atoms with van der Waals surface area (Å²) in [6.45, 7) is 4.34. The van der Waals surface area contributed by atoms with Crippen LogP contribution in [-0.2, 0) is 0 Å². The van der Waals surface area contributed by atoms with Crippen molar-refractivity contribution >= 4 is 17.3 Å². The number of benzene rings is 1. The SMILES string of the molecule is CCCNC(=S)NCCOc1ccccc1. The van der Waals surface area contributed by atoms with Gasteiger partial charge in [0.1, 0.15) is 12.4 Å². The van der Waals surface area contributed by atoms with E-state index in [9.17, 15) is 0 Å². The van der Waals surface area contributed by atoms with Gasteiger partial charge in [0.25, 0.3) is 0 Å². The lowest BCUT2D eigenvalue weighted by molar-refractivity contribution is 0.322. The summed E-state index contributed by atoms with van der Waals surface area (Å²) >= 11 is 5.07. The van der Waals surface area contributed by atoms with Crippen molar-refractivity contribution in [2.45, 2.75) is 13.3 Å². The highest BCUT2D eigenvalue weighted by Crippen LogP contribution is 2.07. The Morgan fingerprint density at radius 3 is 2.56 bits per heavy atom. The molecule has 1 aromatic carbocycles. The van der Waals surface area contributed by atoms with Crippen LogP contribution in [0.1, 0.15) is 13.3 Å². The van der Waals surface area contributed by atoms with E-state index in [-0.39, 0.29) is 0 Å². The number of ether oxygens (including phenoxy) is 1. The molecule has 2 N–H and O–H groups in total. The smallest absolute Gasteiger partial charge is 0.166 e. The van der Waals surface area contributed by atoms with E-state index in [1.807, 2.05) is 30.3 Å². The first-order valence-electron chi connectivity index (χ1n) is 5.52. The predicted octanol–water partition coefficient (Wildman–Crippen LogP) is 1.94. The molecule has 3 nitrogen and oxygen atoms in total. The van der Waals surface area contributed by atoms with E-state index >= 15 is 0 Å². The first-order chi connectivity index (χ1) is 7.83. The third kappa shape index (κ3) is 5.56. The summed E-state index contributed by atoms with van der Waals surface area (Å²) in [6, 6.07) is 9.75. The molecule has 88 valence electrons. The number of hydrogen-bond donors (Lipinski definition) is 2. The van der Waals surface area contributed by atoms with Gasteiger partial charge < -0.3 is 15.4 Å². The highest BCUT2D eigenvalue weighted by atomic mass is 32.1. The van der Waals surface area contributed by atoms with Gasteiger partial charge in [0, 0.05) is 6.54 Å². The van der Waals surface area contributed by atoms with Crippen LogP contribution in [0, 0.1) is 0 Å². The van der Waals surface area contributed by atoms with E-state index in [2.05, 4.69) is 17.6 Å². The first-order valence-corrected chi connectivity index (χ1v) is 5.93. The minimum absolute atomic E-state index is 0.609. The van der Waals surface area contributed by atoms with Crippen LogP contribution in [-0.4, -0.2) is 24.8 Å². The molecule has 0 amide bonds. The van der Waals surface area contributed by atoms with Gasteiger partial charge in [-0.15, -0.1) is 0 Å². The van der Waals surface area contributed by atoms with Gasteiger partial charge in [-0.25, -0.2) is 0 Å². The van der Waals surface area contributed by atoms with E-state index in [0.717, 1.165) is 18.7 Å². The van der Waals surface area contributed by atoms with Crippen LogP contribution in [0.15, 0.2) is 30.3 Å². The molecule has 4 heteroatoms. The van der Waals surface area contributed by atoms with Crippen molar-refractivity contribution in [2.24, 2.45) is 0 Å². The zero-order valence-electron chi connectivity index (χ0n) is 9.53. The molecule has 0 aliphatic heterocycles. The molecule has 0 radical (unpaired) electrons. The first kappa shape index (κ1) is 12.8. The fourth-order valence-electron chi connectivity index (χ4n) is 1.15. The van der Waals surface area contributed by atoms with Crippen LogP contribution in [0.25, 0.3) is 0 Å². The molecule has 0 heterocycles. The maximum atomic E-state index is 5.51. The van der Waals surface area contributed by atoms with Crippen molar-refractivity contribution in [3.63, 3.8) is 0 Å². The van der Waals surface area contributed by atoms with E-state index < -0.39 is 0 Å². The number of rotatable bonds is 6. The average Bonchev–Trinajstić information content (AvgIpc) is 2.33. The van der Waals surface area contributed by atoms with Crippen LogP contribution in [0.3, 0.4) is 0 Å². The molecule has 0 fully saturated rings. The molecule has 0 atom stereocenters. The molecule has 16 heavy (non-hydrogen) atoms. The standard InChI is InChI=1S/C12H18N2OS/c1-2-8-13-12(16)14-9-10-15-11-6-4-3-5-7-11/h3-7H,2,8-10H2,1H3,(H2,13,14,16).